The normalized spacial score (nSPS) is 26.2. The van der Waals surface area contributed by atoms with Crippen molar-refractivity contribution in [2.45, 2.75) is 141 Å². The van der Waals surface area contributed by atoms with Crippen LogP contribution in [0.5, 0.6) is 0 Å². The fourth-order valence-corrected chi connectivity index (χ4v) is 5.47. The van der Waals surface area contributed by atoms with E-state index < -0.39 is 36.4 Å². The largest absolute Gasteiger partial charge is 0.388 e. The summed E-state index contributed by atoms with van der Waals surface area (Å²) in [6, 6.07) is 9.20. The Kier molecular flexibility index (Phi) is 14.8. The molecule has 0 unspecified atom stereocenters. The van der Waals surface area contributed by atoms with Gasteiger partial charge in [-0.2, -0.15) is 0 Å². The van der Waals surface area contributed by atoms with E-state index in [2.05, 4.69) is 18.8 Å². The van der Waals surface area contributed by atoms with E-state index in [4.69, 9.17) is 23.7 Å². The van der Waals surface area contributed by atoms with Gasteiger partial charge in [-0.1, -0.05) is 101 Å². The number of hydrogen-bond acceptors (Lipinski definition) is 7. The van der Waals surface area contributed by atoms with Gasteiger partial charge in [0.05, 0.1) is 32.3 Å². The number of aliphatic hydroxyl groups is 1. The third-order valence-electron chi connectivity index (χ3n) is 7.77. The number of hydrogen-bond donors (Lipinski definition) is 2. The number of carbonyl (C=O) groups excluding carboxylic acids is 1. The summed E-state index contributed by atoms with van der Waals surface area (Å²) >= 11 is 0. The highest BCUT2D eigenvalue weighted by molar-refractivity contribution is 5.77. The van der Waals surface area contributed by atoms with Crippen molar-refractivity contribution in [2.24, 2.45) is 0 Å². The molecule has 0 aliphatic carbocycles. The second kappa shape index (κ2) is 18.0. The Labute approximate surface area is 247 Å². The van der Waals surface area contributed by atoms with E-state index in [0.29, 0.717) is 6.61 Å². The molecule has 0 bridgehead atoms. The smallest absolute Gasteiger partial charge is 0.223 e. The molecule has 2 aliphatic rings. The number of rotatable bonds is 19. The minimum absolute atomic E-state index is 0.185. The summed E-state index contributed by atoms with van der Waals surface area (Å²) in [6.45, 7) is 10.5. The molecule has 2 heterocycles. The third-order valence-corrected chi connectivity index (χ3v) is 7.77. The quantitative estimate of drug-likeness (QED) is 0.159. The highest BCUT2D eigenvalue weighted by Gasteiger charge is 2.51. The summed E-state index contributed by atoms with van der Waals surface area (Å²) < 4.78 is 29.8. The molecule has 0 aromatic heterocycles. The first-order valence-corrected chi connectivity index (χ1v) is 15.7. The molecule has 2 aliphatic heterocycles. The number of amides is 1. The van der Waals surface area contributed by atoms with Crippen LogP contribution in [-0.2, 0) is 35.1 Å². The highest BCUT2D eigenvalue weighted by Crippen LogP contribution is 2.33. The average molecular weight is 576 g/mol. The average Bonchev–Trinajstić information content (AvgIpc) is 2.96. The molecule has 1 aromatic carbocycles. The lowest BCUT2D eigenvalue weighted by atomic mass is 9.95. The maximum atomic E-state index is 13.3. The van der Waals surface area contributed by atoms with Crippen LogP contribution in [0.1, 0.15) is 97.0 Å². The van der Waals surface area contributed by atoms with Gasteiger partial charge in [0.2, 0.25) is 5.91 Å². The molecule has 41 heavy (non-hydrogen) atoms. The summed E-state index contributed by atoms with van der Waals surface area (Å²) in [5.74, 6) is -1.08. The summed E-state index contributed by atoms with van der Waals surface area (Å²) in [5.41, 5.74) is 1.07. The fraction of sp³-hybridized carbons (Fsp3) is 0.727. The lowest BCUT2D eigenvalue weighted by Gasteiger charge is -2.49. The van der Waals surface area contributed by atoms with Crippen LogP contribution in [0.3, 0.4) is 0 Å². The van der Waals surface area contributed by atoms with E-state index in [1.165, 1.54) is 44.9 Å². The molecule has 2 N–H and O–H groups in total. The molecule has 3 rings (SSSR count). The second-order valence-corrected chi connectivity index (χ2v) is 11.8. The van der Waals surface area contributed by atoms with Crippen molar-refractivity contribution >= 4 is 5.91 Å². The number of carbonyl (C=O) groups is 1. The maximum absolute atomic E-state index is 13.3. The van der Waals surface area contributed by atoms with Crippen molar-refractivity contribution in [3.63, 3.8) is 0 Å². The Bertz CT molecular complexity index is 880. The number of nitrogens with one attached hydrogen (secondary N) is 1. The van der Waals surface area contributed by atoms with E-state index in [0.717, 1.165) is 24.8 Å². The van der Waals surface area contributed by atoms with E-state index in [1.807, 2.05) is 30.3 Å². The van der Waals surface area contributed by atoms with Crippen molar-refractivity contribution in [1.82, 2.24) is 5.32 Å². The van der Waals surface area contributed by atoms with Gasteiger partial charge < -0.3 is 34.1 Å². The zero-order valence-electron chi connectivity index (χ0n) is 25.4. The summed E-state index contributed by atoms with van der Waals surface area (Å²) in [7, 11) is 0. The predicted molar refractivity (Wildman–Crippen MR) is 159 cm³/mol. The van der Waals surface area contributed by atoms with Crippen LogP contribution < -0.4 is 5.32 Å². The Morgan fingerprint density at radius 1 is 1.12 bits per heavy atom. The SMILES string of the molecule is C=CCO[C@@H]1O[C@@H]2COC(C)(C)O[C@H]2[C@H](O)[C@H]1NC(=O)C[C@@H](CCCCCCCCCCC)OCc1ccccc1. The van der Waals surface area contributed by atoms with Gasteiger partial charge in [0.25, 0.3) is 0 Å². The number of fused-ring (bicyclic) bond motifs is 1. The van der Waals surface area contributed by atoms with Crippen LogP contribution in [0.25, 0.3) is 0 Å². The third kappa shape index (κ3) is 11.8. The summed E-state index contributed by atoms with van der Waals surface area (Å²) in [5, 5.41) is 14.3. The molecular weight excluding hydrogens is 522 g/mol. The van der Waals surface area contributed by atoms with Gasteiger partial charge in [0.1, 0.15) is 24.4 Å². The van der Waals surface area contributed by atoms with Gasteiger partial charge in [-0.25, -0.2) is 0 Å². The van der Waals surface area contributed by atoms with Crippen molar-refractivity contribution in [1.29, 1.82) is 0 Å². The molecule has 0 spiro atoms. The lowest BCUT2D eigenvalue weighted by molar-refractivity contribution is -0.368. The van der Waals surface area contributed by atoms with Gasteiger partial charge >= 0.3 is 0 Å². The topological polar surface area (TPSA) is 95.5 Å². The standard InChI is InChI=1S/C33H53NO7/c1-5-7-8-9-10-11-12-13-17-20-26(38-23-25-18-15-14-16-19-25)22-28(35)34-29-30(36)31-27(24-39-33(3,4)41-31)40-32(29)37-21-6-2/h6,14-16,18-19,26-27,29-32,36H,2,5,7-13,17,20-24H2,1,3-4H3,(H,34,35)/t26-,27-,29-,30-,31-,32-/m1/s1. The Morgan fingerprint density at radius 2 is 1.80 bits per heavy atom. The van der Waals surface area contributed by atoms with Gasteiger partial charge in [-0.3, -0.25) is 4.79 Å². The number of aliphatic hydroxyl groups excluding tert-OH is 1. The van der Waals surface area contributed by atoms with Crippen LogP contribution >= 0.6 is 0 Å². The van der Waals surface area contributed by atoms with Crippen LogP contribution in [-0.4, -0.2) is 66.8 Å². The molecule has 2 saturated heterocycles. The van der Waals surface area contributed by atoms with Crippen molar-refractivity contribution in [2.75, 3.05) is 13.2 Å². The Morgan fingerprint density at radius 3 is 2.49 bits per heavy atom. The first-order chi connectivity index (χ1) is 19.8. The molecule has 2 fully saturated rings. The molecule has 232 valence electrons. The first-order valence-electron chi connectivity index (χ1n) is 15.7. The number of ether oxygens (including phenoxy) is 5. The zero-order valence-corrected chi connectivity index (χ0v) is 25.4. The molecule has 0 saturated carbocycles. The Balaban J connectivity index is 1.56. The Hall–Kier alpha value is -1.81. The van der Waals surface area contributed by atoms with E-state index >= 15 is 0 Å². The van der Waals surface area contributed by atoms with Crippen LogP contribution in [0.2, 0.25) is 0 Å². The molecule has 6 atom stereocenters. The van der Waals surface area contributed by atoms with E-state index in [1.54, 1.807) is 19.9 Å². The van der Waals surface area contributed by atoms with Crippen molar-refractivity contribution in [3.05, 3.63) is 48.6 Å². The molecule has 8 heteroatoms. The molecule has 8 nitrogen and oxygen atoms in total. The lowest BCUT2D eigenvalue weighted by Crippen LogP contribution is -2.68. The molecular formula is C33H53NO7. The van der Waals surface area contributed by atoms with Gasteiger partial charge in [0.15, 0.2) is 12.1 Å². The molecule has 1 amide bonds. The van der Waals surface area contributed by atoms with Crippen molar-refractivity contribution in [3.8, 4) is 0 Å². The minimum atomic E-state index is -1.03. The predicted octanol–water partition coefficient (Wildman–Crippen LogP) is 5.81. The van der Waals surface area contributed by atoms with E-state index in [9.17, 15) is 9.90 Å². The monoisotopic (exact) mass is 575 g/mol. The molecule has 0 radical (unpaired) electrons. The van der Waals surface area contributed by atoms with Gasteiger partial charge in [-0.05, 0) is 25.8 Å². The summed E-state index contributed by atoms with van der Waals surface area (Å²) in [4.78, 5) is 13.3. The zero-order chi connectivity index (χ0) is 29.5. The van der Waals surface area contributed by atoms with E-state index in [-0.39, 0.29) is 31.6 Å². The number of unbranched alkanes of at least 4 members (excludes halogenated alkanes) is 8. The van der Waals surface area contributed by atoms with Gasteiger partial charge in [0, 0.05) is 0 Å². The fourth-order valence-electron chi connectivity index (χ4n) is 5.47. The highest BCUT2D eigenvalue weighted by atomic mass is 16.8. The van der Waals surface area contributed by atoms with Gasteiger partial charge in [-0.15, -0.1) is 6.58 Å². The second-order valence-electron chi connectivity index (χ2n) is 11.8. The minimum Gasteiger partial charge on any atom is -0.388 e. The van der Waals surface area contributed by atoms with Crippen LogP contribution in [0.4, 0.5) is 0 Å². The maximum Gasteiger partial charge on any atom is 0.223 e. The van der Waals surface area contributed by atoms with Crippen molar-refractivity contribution < 1.29 is 33.6 Å². The van der Waals surface area contributed by atoms with Crippen LogP contribution in [0, 0.1) is 0 Å². The summed E-state index contributed by atoms with van der Waals surface area (Å²) in [6.07, 6.45) is 10.5. The molecule has 1 aromatic rings. The number of benzene rings is 1. The van der Waals surface area contributed by atoms with Crippen LogP contribution in [0.15, 0.2) is 43.0 Å². The first kappa shape index (κ1) is 33.7.